The van der Waals surface area contributed by atoms with Gasteiger partial charge in [-0.15, -0.1) is 0 Å². The van der Waals surface area contributed by atoms with Crippen molar-refractivity contribution in [2.45, 2.75) is 20.0 Å². The van der Waals surface area contributed by atoms with Gasteiger partial charge in [0.15, 0.2) is 6.61 Å². The van der Waals surface area contributed by atoms with Crippen molar-refractivity contribution in [2.75, 3.05) is 22.5 Å². The molecule has 0 aliphatic carbocycles. The summed E-state index contributed by atoms with van der Waals surface area (Å²) in [6.45, 7) is 2.65. The molecule has 0 atom stereocenters. The van der Waals surface area contributed by atoms with Gasteiger partial charge in [-0.3, -0.25) is 4.72 Å². The number of carbonyl (C=O) groups is 1. The van der Waals surface area contributed by atoms with Gasteiger partial charge in [0.25, 0.3) is 0 Å². The quantitative estimate of drug-likeness (QED) is 0.183. The van der Waals surface area contributed by atoms with Crippen LogP contribution in [-0.4, -0.2) is 32.4 Å². The summed E-state index contributed by atoms with van der Waals surface area (Å²) in [7, 11) is -3.42. The standard InChI is InChI=1S/C30H29BrN2O6S/c1-21-27(32-40(2,36)37)9-6-10-28(21)33(18-22-7-4-3-5-8-22)19-23-11-13-24(14-12-23)39-25-15-16-26(31)29(17-25)38-20-30(34)35/h3-17,32H,18-20H2,1-2H3,(H,34,35). The van der Waals surface area contributed by atoms with E-state index in [9.17, 15) is 13.2 Å². The molecule has 40 heavy (non-hydrogen) atoms. The van der Waals surface area contributed by atoms with Crippen molar-refractivity contribution in [1.82, 2.24) is 0 Å². The fourth-order valence-electron chi connectivity index (χ4n) is 4.12. The van der Waals surface area contributed by atoms with Crippen molar-refractivity contribution < 1.29 is 27.8 Å². The van der Waals surface area contributed by atoms with Gasteiger partial charge in [0, 0.05) is 24.8 Å². The van der Waals surface area contributed by atoms with Crippen LogP contribution in [0, 0.1) is 6.92 Å². The number of rotatable bonds is 12. The second kappa shape index (κ2) is 12.9. The highest BCUT2D eigenvalue weighted by Gasteiger charge is 2.15. The van der Waals surface area contributed by atoms with Crippen molar-refractivity contribution in [3.63, 3.8) is 0 Å². The van der Waals surface area contributed by atoms with E-state index >= 15 is 0 Å². The van der Waals surface area contributed by atoms with Gasteiger partial charge in [-0.25, -0.2) is 13.2 Å². The highest BCUT2D eigenvalue weighted by molar-refractivity contribution is 9.10. The second-order valence-electron chi connectivity index (χ2n) is 9.19. The first-order valence-corrected chi connectivity index (χ1v) is 15.0. The van der Waals surface area contributed by atoms with Crippen LogP contribution in [0.25, 0.3) is 0 Å². The third-order valence-electron chi connectivity index (χ3n) is 5.94. The first-order valence-electron chi connectivity index (χ1n) is 12.3. The number of halogens is 1. The second-order valence-corrected chi connectivity index (χ2v) is 11.8. The summed E-state index contributed by atoms with van der Waals surface area (Å²) >= 11 is 3.35. The zero-order chi connectivity index (χ0) is 28.7. The monoisotopic (exact) mass is 624 g/mol. The van der Waals surface area contributed by atoms with Gasteiger partial charge in [0.2, 0.25) is 10.0 Å². The molecular formula is C30H29BrN2O6S. The average molecular weight is 626 g/mol. The number of carboxylic acid groups (broad SMARTS) is 1. The molecule has 0 heterocycles. The summed E-state index contributed by atoms with van der Waals surface area (Å²) in [6.07, 6.45) is 1.14. The summed E-state index contributed by atoms with van der Waals surface area (Å²) in [5.41, 5.74) is 4.45. The molecule has 0 bridgehead atoms. The summed E-state index contributed by atoms with van der Waals surface area (Å²) in [6, 6.07) is 28.5. The number of sulfonamides is 1. The zero-order valence-corrected chi connectivity index (χ0v) is 24.4. The van der Waals surface area contributed by atoms with Gasteiger partial charge in [0.05, 0.1) is 16.4 Å². The molecule has 10 heteroatoms. The number of ether oxygens (including phenoxy) is 2. The van der Waals surface area contributed by atoms with Crippen LogP contribution < -0.4 is 19.1 Å². The van der Waals surface area contributed by atoms with Gasteiger partial charge in [-0.05, 0) is 75.9 Å². The molecule has 0 fully saturated rings. The largest absolute Gasteiger partial charge is 0.481 e. The van der Waals surface area contributed by atoms with Gasteiger partial charge in [-0.1, -0.05) is 48.5 Å². The average Bonchev–Trinajstić information content (AvgIpc) is 2.91. The van der Waals surface area contributed by atoms with E-state index in [-0.39, 0.29) is 0 Å². The number of anilines is 2. The number of nitrogens with one attached hydrogen (secondary N) is 1. The minimum absolute atomic E-state index is 0.371. The summed E-state index contributed by atoms with van der Waals surface area (Å²) < 4.78 is 38.3. The highest BCUT2D eigenvalue weighted by Crippen LogP contribution is 2.33. The Morgan fingerprint density at radius 3 is 2.20 bits per heavy atom. The van der Waals surface area contributed by atoms with Crippen LogP contribution in [0.1, 0.15) is 16.7 Å². The SMILES string of the molecule is Cc1c(NS(C)(=O)=O)cccc1N(Cc1ccccc1)Cc1ccc(Oc2ccc(Br)c(OCC(=O)O)c2)cc1. The van der Waals surface area contributed by atoms with E-state index in [1.807, 2.05) is 61.5 Å². The first kappa shape index (κ1) is 29.0. The molecule has 2 N–H and O–H groups in total. The smallest absolute Gasteiger partial charge is 0.341 e. The van der Waals surface area contributed by atoms with E-state index < -0.39 is 22.6 Å². The fraction of sp³-hybridized carbons (Fsp3) is 0.167. The van der Waals surface area contributed by atoms with E-state index in [4.69, 9.17) is 14.6 Å². The van der Waals surface area contributed by atoms with E-state index in [1.165, 1.54) is 0 Å². The Hall–Kier alpha value is -4.02. The zero-order valence-electron chi connectivity index (χ0n) is 22.0. The maximum absolute atomic E-state index is 11.9. The fourth-order valence-corrected chi connectivity index (χ4v) is 5.10. The molecule has 0 saturated heterocycles. The molecule has 4 aromatic rings. The molecule has 0 aromatic heterocycles. The molecule has 0 amide bonds. The minimum atomic E-state index is -3.42. The Morgan fingerprint density at radius 1 is 0.900 bits per heavy atom. The van der Waals surface area contributed by atoms with Gasteiger partial charge in [0.1, 0.15) is 17.2 Å². The Morgan fingerprint density at radius 2 is 1.55 bits per heavy atom. The van der Waals surface area contributed by atoms with Crippen LogP contribution >= 0.6 is 15.9 Å². The number of nitrogens with zero attached hydrogens (tertiary/aromatic N) is 1. The predicted molar refractivity (Wildman–Crippen MR) is 160 cm³/mol. The molecule has 8 nitrogen and oxygen atoms in total. The molecule has 208 valence electrons. The third kappa shape index (κ3) is 8.24. The Labute approximate surface area is 242 Å². The van der Waals surface area contributed by atoms with Crippen LogP contribution in [0.2, 0.25) is 0 Å². The molecule has 0 radical (unpaired) electrons. The van der Waals surface area contributed by atoms with Gasteiger partial charge >= 0.3 is 5.97 Å². The Balaban J connectivity index is 1.55. The van der Waals surface area contributed by atoms with Gasteiger partial charge < -0.3 is 19.5 Å². The number of aliphatic carboxylic acids is 1. The number of hydrogen-bond donors (Lipinski definition) is 2. The molecule has 0 aliphatic rings. The molecule has 0 saturated carbocycles. The molecular weight excluding hydrogens is 596 g/mol. The van der Waals surface area contributed by atoms with Crippen LogP contribution in [0.4, 0.5) is 11.4 Å². The van der Waals surface area contributed by atoms with E-state index in [0.29, 0.717) is 40.5 Å². The molecule has 4 rings (SSSR count). The molecule has 0 aliphatic heterocycles. The Bertz CT molecular complexity index is 1580. The number of benzene rings is 4. The van der Waals surface area contributed by atoms with Crippen LogP contribution in [0.15, 0.2) is 95.5 Å². The first-order chi connectivity index (χ1) is 19.1. The Kier molecular flexibility index (Phi) is 9.34. The summed E-state index contributed by atoms with van der Waals surface area (Å²) in [5, 5.41) is 8.89. The maximum atomic E-state index is 11.9. The number of carboxylic acids is 1. The lowest BCUT2D eigenvalue weighted by atomic mass is 10.1. The normalized spacial score (nSPS) is 11.1. The lowest BCUT2D eigenvalue weighted by Crippen LogP contribution is -2.23. The van der Waals surface area contributed by atoms with Gasteiger partial charge in [-0.2, -0.15) is 0 Å². The summed E-state index contributed by atoms with van der Waals surface area (Å²) in [5.74, 6) is 0.424. The van der Waals surface area contributed by atoms with Crippen molar-refractivity contribution >= 4 is 43.3 Å². The number of hydrogen-bond acceptors (Lipinski definition) is 6. The van der Waals surface area contributed by atoms with E-state index in [0.717, 1.165) is 28.6 Å². The highest BCUT2D eigenvalue weighted by atomic mass is 79.9. The van der Waals surface area contributed by atoms with Crippen LogP contribution in [-0.2, 0) is 27.9 Å². The topological polar surface area (TPSA) is 105 Å². The van der Waals surface area contributed by atoms with Crippen molar-refractivity contribution in [1.29, 1.82) is 0 Å². The van der Waals surface area contributed by atoms with Crippen molar-refractivity contribution in [3.05, 3.63) is 112 Å². The van der Waals surface area contributed by atoms with E-state index in [2.05, 4.69) is 37.7 Å². The van der Waals surface area contributed by atoms with E-state index in [1.54, 1.807) is 24.3 Å². The van der Waals surface area contributed by atoms with Crippen LogP contribution in [0.3, 0.4) is 0 Å². The van der Waals surface area contributed by atoms with Crippen LogP contribution in [0.5, 0.6) is 17.2 Å². The molecule has 0 spiro atoms. The summed E-state index contributed by atoms with van der Waals surface area (Å²) in [4.78, 5) is 13.1. The molecule has 0 unspecified atom stereocenters. The van der Waals surface area contributed by atoms with Crippen molar-refractivity contribution in [2.24, 2.45) is 0 Å². The lowest BCUT2D eigenvalue weighted by Gasteiger charge is -2.28. The predicted octanol–water partition coefficient (Wildman–Crippen LogP) is 6.59. The van der Waals surface area contributed by atoms with Crippen molar-refractivity contribution in [3.8, 4) is 17.2 Å². The maximum Gasteiger partial charge on any atom is 0.341 e. The lowest BCUT2D eigenvalue weighted by molar-refractivity contribution is -0.139. The minimum Gasteiger partial charge on any atom is -0.481 e. The third-order valence-corrected chi connectivity index (χ3v) is 7.19. The molecule has 4 aromatic carbocycles.